The van der Waals surface area contributed by atoms with E-state index >= 15 is 0 Å². The van der Waals surface area contributed by atoms with Crippen molar-refractivity contribution in [2.75, 3.05) is 0 Å². The number of rotatable bonds is 4. The van der Waals surface area contributed by atoms with Gasteiger partial charge < -0.3 is 15.2 Å². The molecule has 0 spiro atoms. The Balaban J connectivity index is 3.22. The van der Waals surface area contributed by atoms with Crippen molar-refractivity contribution in [1.29, 1.82) is 0 Å². The van der Waals surface area contributed by atoms with Gasteiger partial charge in [-0.25, -0.2) is 0 Å². The van der Waals surface area contributed by atoms with Crippen molar-refractivity contribution >= 4 is 11.9 Å². The van der Waals surface area contributed by atoms with E-state index in [9.17, 15) is 14.7 Å². The lowest BCUT2D eigenvalue weighted by Gasteiger charge is -2.18. The molecule has 0 fully saturated rings. The Morgan fingerprint density at radius 1 is 1.53 bits per heavy atom. The molecule has 80 valence electrons. The summed E-state index contributed by atoms with van der Waals surface area (Å²) in [5.74, 6) is -3.38. The molecule has 0 aromatic heterocycles. The molecule has 0 saturated heterocycles. The van der Waals surface area contributed by atoms with Gasteiger partial charge in [-0.3, -0.25) is 4.79 Å². The summed E-state index contributed by atoms with van der Waals surface area (Å²) in [5.41, 5.74) is -0.365. The Labute approximate surface area is 99.2 Å². The van der Waals surface area contributed by atoms with Crippen LogP contribution in [0.1, 0.15) is 23.4 Å². The van der Waals surface area contributed by atoms with E-state index in [2.05, 4.69) is 0 Å². The summed E-state index contributed by atoms with van der Waals surface area (Å²) in [6.45, 7) is -3.09. The second-order valence-electron chi connectivity index (χ2n) is 2.65. The first kappa shape index (κ1) is 4.35. The summed E-state index contributed by atoms with van der Waals surface area (Å²) < 4.78 is 58.4. The van der Waals surface area contributed by atoms with E-state index in [-0.39, 0.29) is 5.56 Å². The Bertz CT molecular complexity index is 629. The Morgan fingerprint density at radius 3 is 2.73 bits per heavy atom. The van der Waals surface area contributed by atoms with E-state index in [4.69, 9.17) is 11.0 Å². The maximum absolute atomic E-state index is 11.4. The van der Waals surface area contributed by atoms with Gasteiger partial charge in [0.25, 0.3) is 0 Å². The minimum Gasteiger partial charge on any atom is -0.548 e. The molecular formula is C11H12NO3-. The van der Waals surface area contributed by atoms with Gasteiger partial charge in [0.05, 0.1) is 18.9 Å². The van der Waals surface area contributed by atoms with Crippen LogP contribution in [-0.4, -0.2) is 17.9 Å². The normalized spacial score (nSPS) is 20.3. The molecule has 4 heteroatoms. The summed E-state index contributed by atoms with van der Waals surface area (Å²) in [5, 5.41) is 12.8. The van der Waals surface area contributed by atoms with Crippen molar-refractivity contribution in [2.45, 2.75) is 19.3 Å². The van der Waals surface area contributed by atoms with Crippen LogP contribution >= 0.6 is 0 Å². The first-order chi connectivity index (χ1) is 10.4. The number of nitrogens with one attached hydrogen (secondary N) is 1. The van der Waals surface area contributed by atoms with E-state index in [0.29, 0.717) is 0 Å². The molecule has 0 bridgehead atoms. The monoisotopic (exact) mass is 214 g/mol. The third kappa shape index (κ3) is 3.81. The second kappa shape index (κ2) is 5.14. The summed E-state index contributed by atoms with van der Waals surface area (Å²) >= 11 is 0. The standard InChI is InChI=1S/C11H13NO3/c1-8(13)12-10(11(14)15)7-9-5-3-2-4-6-9/h2-6,10H,7H2,1H3,(H,12,13)(H,14,15)/p-1/t10-/m0/s1/i1D3,2D,3D,4D,5D,6D. The Hall–Kier alpha value is -1.84. The van der Waals surface area contributed by atoms with Gasteiger partial charge in [0.1, 0.15) is 0 Å². The van der Waals surface area contributed by atoms with Crippen LogP contribution in [0.25, 0.3) is 0 Å². The van der Waals surface area contributed by atoms with Crippen molar-refractivity contribution in [3.63, 3.8) is 0 Å². The Morgan fingerprint density at radius 2 is 2.20 bits per heavy atom. The molecule has 0 heterocycles. The number of benzene rings is 1. The molecule has 0 aliphatic carbocycles. The lowest BCUT2D eigenvalue weighted by atomic mass is 10.1. The molecular weight excluding hydrogens is 194 g/mol. The highest BCUT2D eigenvalue weighted by Gasteiger charge is 2.11. The summed E-state index contributed by atoms with van der Waals surface area (Å²) in [6, 6.07) is -5.11. The first-order valence-corrected chi connectivity index (χ1v) is 3.95. The lowest BCUT2D eigenvalue weighted by Crippen LogP contribution is -2.48. The molecule has 1 atom stereocenters. The topological polar surface area (TPSA) is 69.2 Å². The molecule has 1 N–H and O–H groups in total. The van der Waals surface area contributed by atoms with Gasteiger partial charge in [0.2, 0.25) is 5.91 Å². The fourth-order valence-corrected chi connectivity index (χ4v) is 0.934. The number of hydrogen-bond acceptors (Lipinski definition) is 3. The van der Waals surface area contributed by atoms with Crippen LogP contribution in [0.15, 0.2) is 30.2 Å². The van der Waals surface area contributed by atoms with E-state index in [1.165, 1.54) is 0 Å². The van der Waals surface area contributed by atoms with Crippen LogP contribution in [0, 0.1) is 0 Å². The lowest BCUT2D eigenvalue weighted by molar-refractivity contribution is -0.308. The van der Waals surface area contributed by atoms with Crippen molar-refractivity contribution in [3.05, 3.63) is 35.8 Å². The predicted molar refractivity (Wildman–Crippen MR) is 52.8 cm³/mol. The second-order valence-corrected chi connectivity index (χ2v) is 2.65. The number of carbonyl (C=O) groups is 2. The molecule has 4 nitrogen and oxygen atoms in total. The van der Waals surface area contributed by atoms with Crippen molar-refractivity contribution in [3.8, 4) is 0 Å². The van der Waals surface area contributed by atoms with Gasteiger partial charge in [-0.15, -0.1) is 0 Å². The smallest absolute Gasteiger partial charge is 0.217 e. The molecule has 0 aliphatic heterocycles. The van der Waals surface area contributed by atoms with Gasteiger partial charge in [-0.2, -0.15) is 0 Å². The molecule has 0 aliphatic rings. The molecule has 0 radical (unpaired) electrons. The van der Waals surface area contributed by atoms with E-state index in [1.54, 1.807) is 5.32 Å². The van der Waals surface area contributed by atoms with Crippen molar-refractivity contribution in [1.82, 2.24) is 5.32 Å². The quantitative estimate of drug-likeness (QED) is 0.733. The highest BCUT2D eigenvalue weighted by atomic mass is 16.4. The molecule has 1 aromatic carbocycles. The summed E-state index contributed by atoms with van der Waals surface area (Å²) in [6.07, 6.45) is -0.708. The highest BCUT2D eigenvalue weighted by molar-refractivity contribution is 5.81. The fraction of sp³-hybridized carbons (Fsp3) is 0.273. The van der Waals surface area contributed by atoms with E-state index in [1.807, 2.05) is 0 Å². The summed E-state index contributed by atoms with van der Waals surface area (Å²) in [4.78, 5) is 22.4. The number of carboxylic acid groups (broad SMARTS) is 1. The van der Waals surface area contributed by atoms with Crippen LogP contribution < -0.4 is 10.4 Å². The van der Waals surface area contributed by atoms with Crippen LogP contribution in [0.3, 0.4) is 0 Å². The first-order valence-electron chi connectivity index (χ1n) is 7.95. The third-order valence-corrected chi connectivity index (χ3v) is 1.55. The van der Waals surface area contributed by atoms with Gasteiger partial charge in [0.15, 0.2) is 0 Å². The van der Waals surface area contributed by atoms with Crippen molar-refractivity contribution < 1.29 is 25.7 Å². The highest BCUT2D eigenvalue weighted by Crippen LogP contribution is 2.02. The minimum absolute atomic E-state index is 0.365. The van der Waals surface area contributed by atoms with Gasteiger partial charge in [0, 0.05) is 11.0 Å². The van der Waals surface area contributed by atoms with Crippen LogP contribution in [0.5, 0.6) is 0 Å². The van der Waals surface area contributed by atoms with Gasteiger partial charge >= 0.3 is 0 Å². The van der Waals surface area contributed by atoms with Crippen molar-refractivity contribution in [2.24, 2.45) is 0 Å². The SMILES string of the molecule is [2H]c1c([2H])c([2H])c(C[C@H](NC(=O)C([2H])([2H])[2H])C(=O)[O-])c([2H])c1[2H]. The molecule has 1 aromatic rings. The number of aliphatic carboxylic acids is 1. The summed E-state index contributed by atoms with van der Waals surface area (Å²) in [7, 11) is 0. The predicted octanol–water partition coefficient (Wildman–Crippen LogP) is -0.516. The van der Waals surface area contributed by atoms with Crippen LogP contribution in [0.2, 0.25) is 0 Å². The van der Waals surface area contributed by atoms with Crippen LogP contribution in [-0.2, 0) is 16.0 Å². The molecule has 15 heavy (non-hydrogen) atoms. The van der Waals surface area contributed by atoms with E-state index in [0.717, 1.165) is 0 Å². The molecule has 1 amide bonds. The average Bonchev–Trinajstić information content (AvgIpc) is 2.44. The zero-order chi connectivity index (χ0) is 18.1. The van der Waals surface area contributed by atoms with Gasteiger partial charge in [-0.05, 0) is 12.0 Å². The number of hydrogen-bond donors (Lipinski definition) is 1. The fourth-order valence-electron chi connectivity index (χ4n) is 0.934. The maximum atomic E-state index is 11.4. The molecule has 1 rings (SSSR count). The number of amides is 1. The average molecular weight is 214 g/mol. The molecule has 0 saturated carbocycles. The van der Waals surface area contributed by atoms with E-state index < -0.39 is 61.4 Å². The zero-order valence-corrected chi connectivity index (χ0v) is 7.51. The Kier molecular flexibility index (Phi) is 1.49. The van der Waals surface area contributed by atoms with Crippen LogP contribution in [0.4, 0.5) is 0 Å². The van der Waals surface area contributed by atoms with Gasteiger partial charge in [-0.1, -0.05) is 30.2 Å². The minimum atomic E-state index is -3.09. The largest absolute Gasteiger partial charge is 0.548 e. The molecule has 0 unspecified atom stereocenters. The number of carbonyl (C=O) groups excluding carboxylic acids is 2. The zero-order valence-electron chi connectivity index (χ0n) is 15.5. The maximum Gasteiger partial charge on any atom is 0.217 e. The number of carboxylic acids is 1. The third-order valence-electron chi connectivity index (χ3n) is 1.55.